The molecule has 9 N–H and O–H groups in total. The van der Waals surface area contributed by atoms with Gasteiger partial charge in [-0.25, -0.2) is 0 Å². The number of β-amino-alcohol motifs (C(OH)–C–C–N with tert-alkyl or cyclic N) is 1. The van der Waals surface area contributed by atoms with E-state index in [4.69, 9.17) is 5.73 Å². The molecule has 4 heterocycles. The molecular formula is C40H66N6O5. The van der Waals surface area contributed by atoms with E-state index < -0.39 is 23.8 Å². The Balaban J connectivity index is 1.26. The molecule has 5 aliphatic rings. The number of carboxylic acids is 1. The Labute approximate surface area is 305 Å². The highest BCUT2D eigenvalue weighted by Crippen LogP contribution is 2.48. The zero-order valence-electron chi connectivity index (χ0n) is 31.1. The normalized spacial score (nSPS) is 39.0. The molecule has 1 saturated carbocycles. The molecule has 11 nitrogen and oxygen atoms in total. The minimum atomic E-state index is -1.35. The number of aliphatic imine (C=N–C) groups is 1. The molecule has 1 spiro atoms. The standard InChI is InChI=1S/C40H66N6O5/c1-27-34(47)21-33(46-16-15-42-26-46)32(44-27)20-35(48)30-9-6-12-39(10-3-4-11-39)13-14-40(51,24-37(49)50)25-43-38(2)22-31(45-36(41)23-38)19-29-8-5-7-28(17-29)18-30/h5,7-8,15,17,27,30-36,43-45,47-48,51H,3-4,6,9-14,16,18-26,41H2,1-2H3,(H,49,50). The summed E-state index contributed by atoms with van der Waals surface area (Å²) in [6.45, 7) is 5.83. The molecule has 1 aromatic carbocycles. The first-order chi connectivity index (χ1) is 24.3. The molecule has 3 fully saturated rings. The lowest BCUT2D eigenvalue weighted by molar-refractivity contribution is -0.143. The van der Waals surface area contributed by atoms with Gasteiger partial charge in [0.1, 0.15) is 0 Å². The summed E-state index contributed by atoms with van der Waals surface area (Å²) in [5.41, 5.74) is 7.44. The minimum absolute atomic E-state index is 0.0375. The summed E-state index contributed by atoms with van der Waals surface area (Å²) >= 11 is 0. The Kier molecular flexibility index (Phi) is 12.6. The van der Waals surface area contributed by atoms with Crippen molar-refractivity contribution >= 4 is 12.2 Å². The van der Waals surface area contributed by atoms with Gasteiger partial charge in [0, 0.05) is 49.0 Å². The average molecular weight is 711 g/mol. The molecular weight excluding hydrogens is 644 g/mol. The molecule has 1 aromatic rings. The van der Waals surface area contributed by atoms with Crippen LogP contribution in [0.3, 0.4) is 0 Å². The van der Waals surface area contributed by atoms with Gasteiger partial charge in [0.15, 0.2) is 0 Å². The van der Waals surface area contributed by atoms with Gasteiger partial charge in [-0.1, -0.05) is 43.5 Å². The quantitative estimate of drug-likeness (QED) is 0.219. The van der Waals surface area contributed by atoms with Gasteiger partial charge < -0.3 is 36.8 Å². The lowest BCUT2D eigenvalue weighted by atomic mass is 9.73. The Hall–Kier alpha value is -1.96. The second-order valence-corrected chi connectivity index (χ2v) is 17.7. The van der Waals surface area contributed by atoms with E-state index in [-0.39, 0.29) is 60.2 Å². The van der Waals surface area contributed by atoms with E-state index in [2.05, 4.69) is 57.0 Å². The summed E-state index contributed by atoms with van der Waals surface area (Å²) in [5, 5.41) is 55.6. The predicted octanol–water partition coefficient (Wildman–Crippen LogP) is 3.08. The van der Waals surface area contributed by atoms with Gasteiger partial charge in [0.25, 0.3) is 0 Å². The van der Waals surface area contributed by atoms with Crippen LogP contribution in [0.5, 0.6) is 0 Å². The number of hydrogen-bond acceptors (Lipinski definition) is 10. The first-order valence-corrected chi connectivity index (χ1v) is 19.9. The van der Waals surface area contributed by atoms with Gasteiger partial charge in [0.2, 0.25) is 0 Å². The second kappa shape index (κ2) is 16.6. The monoisotopic (exact) mass is 711 g/mol. The van der Waals surface area contributed by atoms with Crippen molar-refractivity contribution < 1.29 is 25.2 Å². The van der Waals surface area contributed by atoms with E-state index in [0.29, 0.717) is 32.4 Å². The predicted molar refractivity (Wildman–Crippen MR) is 201 cm³/mol. The lowest BCUT2D eigenvalue weighted by Crippen LogP contribution is -2.63. The lowest BCUT2D eigenvalue weighted by Gasteiger charge is -2.45. The number of carboxylic acid groups (broad SMARTS) is 1. The molecule has 2 saturated heterocycles. The fourth-order valence-corrected chi connectivity index (χ4v) is 10.5. The van der Waals surface area contributed by atoms with Crippen LogP contribution in [0.1, 0.15) is 115 Å². The number of nitrogens with two attached hydrogens (primary N) is 1. The first-order valence-electron chi connectivity index (χ1n) is 19.9. The van der Waals surface area contributed by atoms with Gasteiger partial charge >= 0.3 is 5.97 Å². The summed E-state index contributed by atoms with van der Waals surface area (Å²) in [5.74, 6) is -0.908. The third-order valence-electron chi connectivity index (χ3n) is 13.4. The molecule has 1 aliphatic carbocycles. The highest BCUT2D eigenvalue weighted by atomic mass is 16.4. The van der Waals surface area contributed by atoms with E-state index in [0.717, 1.165) is 77.2 Å². The van der Waals surface area contributed by atoms with Gasteiger partial charge in [-0.2, -0.15) is 0 Å². The maximum absolute atomic E-state index is 12.1. The third-order valence-corrected chi connectivity index (χ3v) is 13.4. The molecule has 11 heteroatoms. The minimum Gasteiger partial charge on any atom is -0.481 e. The number of fused-ring (bicyclic) bond motifs is 4. The van der Waals surface area contributed by atoms with E-state index in [1.54, 1.807) is 0 Å². The van der Waals surface area contributed by atoms with Crippen molar-refractivity contribution in [3.8, 4) is 0 Å². The summed E-state index contributed by atoms with van der Waals surface area (Å²) in [6, 6.07) is 9.08. The summed E-state index contributed by atoms with van der Waals surface area (Å²) in [6.07, 6.45) is 13.6. The Morgan fingerprint density at radius 2 is 1.82 bits per heavy atom. The van der Waals surface area contributed by atoms with Crippen LogP contribution in [0.25, 0.3) is 0 Å². The molecule has 4 bridgehead atoms. The van der Waals surface area contributed by atoms with Crippen molar-refractivity contribution in [3.05, 3.63) is 35.4 Å². The van der Waals surface area contributed by atoms with Crippen LogP contribution in [0.2, 0.25) is 0 Å². The number of benzene rings is 1. The molecule has 6 rings (SSSR count). The van der Waals surface area contributed by atoms with Crippen molar-refractivity contribution in [2.24, 2.45) is 22.1 Å². The van der Waals surface area contributed by atoms with Gasteiger partial charge in [0.05, 0.1) is 37.1 Å². The van der Waals surface area contributed by atoms with Crippen molar-refractivity contribution in [1.29, 1.82) is 0 Å². The number of nitrogens with one attached hydrogen (secondary N) is 3. The van der Waals surface area contributed by atoms with E-state index in [1.807, 2.05) is 13.1 Å². The highest BCUT2D eigenvalue weighted by Gasteiger charge is 2.43. The Morgan fingerprint density at radius 1 is 1.08 bits per heavy atom. The van der Waals surface area contributed by atoms with Crippen LogP contribution in [-0.2, 0) is 17.6 Å². The fourth-order valence-electron chi connectivity index (χ4n) is 10.5. The maximum atomic E-state index is 12.1. The van der Waals surface area contributed by atoms with Crippen molar-refractivity contribution in [3.63, 3.8) is 0 Å². The zero-order chi connectivity index (χ0) is 36.2. The van der Waals surface area contributed by atoms with E-state index >= 15 is 0 Å². The van der Waals surface area contributed by atoms with E-state index in [9.17, 15) is 25.2 Å². The third kappa shape index (κ3) is 10.2. The van der Waals surface area contributed by atoms with Crippen LogP contribution in [0, 0.1) is 11.3 Å². The molecule has 4 aliphatic heterocycles. The molecule has 286 valence electrons. The summed E-state index contributed by atoms with van der Waals surface area (Å²) < 4.78 is 0. The smallest absolute Gasteiger partial charge is 0.306 e. The number of rotatable bonds is 6. The number of nitrogens with zero attached hydrogens (tertiary/aromatic N) is 2. The van der Waals surface area contributed by atoms with Crippen molar-refractivity contribution in [2.45, 2.75) is 170 Å². The number of piperidine rings is 2. The number of aliphatic hydroxyl groups is 3. The van der Waals surface area contributed by atoms with Crippen molar-refractivity contribution in [2.75, 3.05) is 19.8 Å². The first kappa shape index (κ1) is 38.8. The van der Waals surface area contributed by atoms with Gasteiger partial charge in [-0.15, -0.1) is 0 Å². The van der Waals surface area contributed by atoms with Crippen LogP contribution in [0.4, 0.5) is 0 Å². The number of hydrogen-bond donors (Lipinski definition) is 8. The Bertz CT molecular complexity index is 1330. The number of carbonyl (C=O) groups is 1. The molecule has 10 unspecified atom stereocenters. The number of aliphatic hydroxyl groups excluding tert-OH is 2. The van der Waals surface area contributed by atoms with Crippen LogP contribution in [-0.4, -0.2) is 111 Å². The molecule has 51 heavy (non-hydrogen) atoms. The fraction of sp³-hybridized carbons (Fsp3) is 0.800. The number of aliphatic carboxylic acids is 1. The summed E-state index contributed by atoms with van der Waals surface area (Å²) in [4.78, 5) is 18.8. The summed E-state index contributed by atoms with van der Waals surface area (Å²) in [7, 11) is 0. The molecule has 10 atom stereocenters. The SMILES string of the molecule is CC1NC(CC(O)C2CCCC3(CCCC3)CCC(O)(CC(=O)O)CNC3(C)CC(N)NC(Cc4cccc(c4)C2)C3)C(N2CC=NC2)CC1O. The zero-order valence-corrected chi connectivity index (χ0v) is 31.1. The molecule has 0 radical (unpaired) electrons. The van der Waals surface area contributed by atoms with Crippen LogP contribution in [0.15, 0.2) is 29.3 Å². The average Bonchev–Trinajstić information content (AvgIpc) is 3.77. The molecule has 0 amide bonds. The van der Waals surface area contributed by atoms with Gasteiger partial charge in [-0.3, -0.25) is 20.0 Å². The second-order valence-electron chi connectivity index (χ2n) is 17.7. The van der Waals surface area contributed by atoms with Gasteiger partial charge in [-0.05, 0) is 113 Å². The van der Waals surface area contributed by atoms with Crippen molar-refractivity contribution in [1.82, 2.24) is 20.9 Å². The van der Waals surface area contributed by atoms with E-state index in [1.165, 1.54) is 11.1 Å². The molecule has 0 aromatic heterocycles. The van der Waals surface area contributed by atoms with Crippen LogP contribution >= 0.6 is 0 Å². The largest absolute Gasteiger partial charge is 0.481 e. The topological polar surface area (TPSA) is 176 Å². The maximum Gasteiger partial charge on any atom is 0.306 e. The Morgan fingerprint density at radius 3 is 2.55 bits per heavy atom. The highest BCUT2D eigenvalue weighted by molar-refractivity contribution is 5.68. The van der Waals surface area contributed by atoms with Crippen LogP contribution < -0.4 is 21.7 Å².